The number of allylic oxidation sites excluding steroid dienone is 14. The summed E-state index contributed by atoms with van der Waals surface area (Å²) in [5.41, 5.74) is 13.9. The molecule has 0 aliphatic heterocycles. The molecule has 3 heteroatoms. The standard InChI is InChI=1S/C49H56N2O/c1-33-30-36(34-14-5-2-6-15-34)25-28-43(33)51(45-21-13-23-48-49(45)41-20-11-12-22-47(41)52-48)39-26-29-44-42(32-39)40-27-24-37(35-16-7-3-8-17-35)31-46(40)50(44)38-18-9-4-10-19-38/h2-3,5,7-9,11,14,16,18,20-21,26,28-29,33,35-39H,4,6,10,12-13,15,17,19,22-25,27,30-32H2,1H3. The van der Waals surface area contributed by atoms with Crippen molar-refractivity contribution in [2.24, 2.45) is 23.7 Å². The summed E-state index contributed by atoms with van der Waals surface area (Å²) in [6.45, 7) is 2.51. The minimum absolute atomic E-state index is 0.288. The summed E-state index contributed by atoms with van der Waals surface area (Å²) < 4.78 is 9.51. The lowest BCUT2D eigenvalue weighted by molar-refractivity contribution is 0.313. The summed E-state index contributed by atoms with van der Waals surface area (Å²) in [7, 11) is 0. The first-order valence-corrected chi connectivity index (χ1v) is 21.0. The second-order valence-electron chi connectivity index (χ2n) is 17.0. The SMILES string of the molecule is CC1CC(C2=CC=CCC2)CC=C1N(C1=CCCc2oc3c(c21)C=CCC3)C1C=Cc2c(c3c(n2C2C=CCCC2)CC(C2C=CC=CC2)CC3)C1. The number of hydrogen-bond donors (Lipinski definition) is 0. The second-order valence-corrected chi connectivity index (χ2v) is 17.0. The van der Waals surface area contributed by atoms with E-state index < -0.39 is 0 Å². The molecule has 0 amide bonds. The van der Waals surface area contributed by atoms with Crippen LogP contribution in [0.15, 0.2) is 94.7 Å². The van der Waals surface area contributed by atoms with Gasteiger partial charge >= 0.3 is 0 Å². The molecule has 6 unspecified atom stereocenters. The molecule has 0 fully saturated rings. The lowest BCUT2D eigenvalue weighted by atomic mass is 9.75. The third-order valence-corrected chi connectivity index (χ3v) is 13.9. The first kappa shape index (κ1) is 32.7. The van der Waals surface area contributed by atoms with Gasteiger partial charge in [-0.2, -0.15) is 0 Å². The Morgan fingerprint density at radius 2 is 1.71 bits per heavy atom. The third kappa shape index (κ3) is 5.69. The fourth-order valence-electron chi connectivity index (χ4n) is 11.4. The zero-order valence-corrected chi connectivity index (χ0v) is 31.2. The van der Waals surface area contributed by atoms with Crippen molar-refractivity contribution in [1.82, 2.24) is 9.47 Å². The Kier molecular flexibility index (Phi) is 8.65. The molecule has 0 N–H and O–H groups in total. The van der Waals surface area contributed by atoms with E-state index in [1.807, 2.05) is 0 Å². The molecule has 2 heterocycles. The van der Waals surface area contributed by atoms with Crippen molar-refractivity contribution in [3.8, 4) is 0 Å². The normalized spacial score (nSPS) is 30.2. The van der Waals surface area contributed by atoms with Crippen LogP contribution in [0.1, 0.15) is 129 Å². The second kappa shape index (κ2) is 13.8. The molecule has 0 aromatic carbocycles. The number of furan rings is 1. The van der Waals surface area contributed by atoms with Crippen LogP contribution in [0, 0.1) is 23.7 Å². The maximum absolute atomic E-state index is 6.68. The topological polar surface area (TPSA) is 21.3 Å². The number of aromatic nitrogens is 1. The molecule has 0 spiro atoms. The monoisotopic (exact) mass is 688 g/mol. The van der Waals surface area contributed by atoms with Gasteiger partial charge in [0.15, 0.2) is 0 Å². The van der Waals surface area contributed by atoms with E-state index in [0.29, 0.717) is 23.8 Å². The molecule has 0 radical (unpaired) electrons. The smallest absolute Gasteiger partial charge is 0.114 e. The van der Waals surface area contributed by atoms with Crippen LogP contribution in [-0.4, -0.2) is 15.5 Å². The van der Waals surface area contributed by atoms with Crippen molar-refractivity contribution >= 4 is 17.8 Å². The van der Waals surface area contributed by atoms with Crippen molar-refractivity contribution in [1.29, 1.82) is 0 Å². The molecule has 2 aromatic heterocycles. The lowest BCUT2D eigenvalue weighted by Gasteiger charge is -2.43. The molecule has 0 saturated carbocycles. The summed E-state index contributed by atoms with van der Waals surface area (Å²) in [4.78, 5) is 2.83. The number of hydrogen-bond acceptors (Lipinski definition) is 2. The number of nitrogens with zero attached hydrogens (tertiary/aromatic N) is 2. The first-order chi connectivity index (χ1) is 25.7. The van der Waals surface area contributed by atoms with E-state index in [0.717, 1.165) is 44.4 Å². The van der Waals surface area contributed by atoms with Gasteiger partial charge in [0.05, 0.1) is 12.1 Å². The van der Waals surface area contributed by atoms with E-state index in [2.05, 4.69) is 108 Å². The van der Waals surface area contributed by atoms with Gasteiger partial charge < -0.3 is 13.9 Å². The molecule has 8 aliphatic rings. The highest BCUT2D eigenvalue weighted by Gasteiger charge is 2.39. The van der Waals surface area contributed by atoms with Gasteiger partial charge in [-0.1, -0.05) is 97.6 Å². The maximum Gasteiger partial charge on any atom is 0.114 e. The van der Waals surface area contributed by atoms with Crippen LogP contribution in [0.2, 0.25) is 0 Å². The van der Waals surface area contributed by atoms with Crippen molar-refractivity contribution < 1.29 is 4.42 Å². The Labute approximate surface area is 311 Å². The largest absolute Gasteiger partial charge is 0.465 e. The van der Waals surface area contributed by atoms with Gasteiger partial charge in [-0.3, -0.25) is 0 Å². The molecule has 268 valence electrons. The summed E-state index contributed by atoms with van der Waals surface area (Å²) in [5, 5.41) is 0. The predicted octanol–water partition coefficient (Wildman–Crippen LogP) is 12.0. The predicted molar refractivity (Wildman–Crippen MR) is 216 cm³/mol. The van der Waals surface area contributed by atoms with Crippen LogP contribution in [-0.2, 0) is 32.1 Å². The molecule has 2 aromatic rings. The summed E-state index contributed by atoms with van der Waals surface area (Å²) >= 11 is 0. The van der Waals surface area contributed by atoms with E-state index in [1.54, 1.807) is 22.4 Å². The molecular formula is C49H56N2O. The highest BCUT2D eigenvalue weighted by atomic mass is 16.3. The summed E-state index contributed by atoms with van der Waals surface area (Å²) in [6, 6.07) is 0.773. The quantitative estimate of drug-likeness (QED) is 0.282. The average Bonchev–Trinajstić information content (AvgIpc) is 3.75. The zero-order valence-electron chi connectivity index (χ0n) is 31.2. The molecule has 52 heavy (non-hydrogen) atoms. The molecule has 10 rings (SSSR count). The van der Waals surface area contributed by atoms with Gasteiger partial charge in [-0.25, -0.2) is 0 Å². The van der Waals surface area contributed by atoms with E-state index >= 15 is 0 Å². The molecule has 0 bridgehead atoms. The van der Waals surface area contributed by atoms with Crippen LogP contribution in [0.4, 0.5) is 0 Å². The molecule has 8 aliphatic carbocycles. The third-order valence-electron chi connectivity index (χ3n) is 13.9. The Morgan fingerprint density at radius 1 is 0.769 bits per heavy atom. The Balaban J connectivity index is 1.06. The number of fused-ring (bicyclic) bond motifs is 6. The van der Waals surface area contributed by atoms with E-state index in [1.165, 1.54) is 104 Å². The minimum atomic E-state index is 0.288. The van der Waals surface area contributed by atoms with E-state index in [9.17, 15) is 0 Å². The Morgan fingerprint density at radius 3 is 2.56 bits per heavy atom. The summed E-state index contributed by atoms with van der Waals surface area (Å²) in [6.07, 6.45) is 55.4. The number of aryl methyl sites for hydroxylation is 2. The maximum atomic E-state index is 6.68. The zero-order chi connectivity index (χ0) is 34.6. The van der Waals surface area contributed by atoms with Crippen LogP contribution in [0.25, 0.3) is 17.8 Å². The minimum Gasteiger partial charge on any atom is -0.465 e. The van der Waals surface area contributed by atoms with Gasteiger partial charge in [-0.15, -0.1) is 0 Å². The fraction of sp³-hybridized carbons (Fsp3) is 0.469. The Bertz CT molecular complexity index is 2010. The number of rotatable bonds is 6. The van der Waals surface area contributed by atoms with Crippen molar-refractivity contribution in [2.75, 3.05) is 0 Å². The molecule has 6 atom stereocenters. The molecular weight excluding hydrogens is 633 g/mol. The van der Waals surface area contributed by atoms with Crippen LogP contribution < -0.4 is 0 Å². The van der Waals surface area contributed by atoms with E-state index in [4.69, 9.17) is 4.42 Å². The van der Waals surface area contributed by atoms with Gasteiger partial charge in [0.1, 0.15) is 11.5 Å². The van der Waals surface area contributed by atoms with Gasteiger partial charge in [0, 0.05) is 46.8 Å². The molecule has 0 saturated heterocycles. The van der Waals surface area contributed by atoms with Gasteiger partial charge in [0.25, 0.3) is 0 Å². The Hall–Kier alpha value is -3.98. The van der Waals surface area contributed by atoms with Crippen molar-refractivity contribution in [2.45, 2.75) is 122 Å². The fourth-order valence-corrected chi connectivity index (χ4v) is 11.4. The van der Waals surface area contributed by atoms with Gasteiger partial charge in [0.2, 0.25) is 0 Å². The highest BCUT2D eigenvalue weighted by molar-refractivity contribution is 5.79. The van der Waals surface area contributed by atoms with Gasteiger partial charge in [-0.05, 0) is 131 Å². The van der Waals surface area contributed by atoms with Crippen LogP contribution >= 0.6 is 0 Å². The van der Waals surface area contributed by atoms with Crippen molar-refractivity contribution in [3.05, 3.63) is 135 Å². The van der Waals surface area contributed by atoms with E-state index in [-0.39, 0.29) is 6.04 Å². The highest BCUT2D eigenvalue weighted by Crippen LogP contribution is 2.48. The van der Waals surface area contributed by atoms with Crippen LogP contribution in [0.5, 0.6) is 0 Å². The first-order valence-electron chi connectivity index (χ1n) is 21.0. The lowest BCUT2D eigenvalue weighted by Crippen LogP contribution is -2.39. The van der Waals surface area contributed by atoms with Crippen molar-refractivity contribution in [3.63, 3.8) is 0 Å². The van der Waals surface area contributed by atoms with Crippen LogP contribution in [0.3, 0.4) is 0 Å². The summed E-state index contributed by atoms with van der Waals surface area (Å²) in [5.74, 6) is 4.97. The molecule has 3 nitrogen and oxygen atoms in total. The average molecular weight is 689 g/mol.